The van der Waals surface area contributed by atoms with Gasteiger partial charge in [-0.25, -0.2) is 9.97 Å². The summed E-state index contributed by atoms with van der Waals surface area (Å²) in [6.45, 7) is 6.46. The molecule has 2 aromatic rings. The van der Waals surface area contributed by atoms with Crippen molar-refractivity contribution in [3.8, 4) is 0 Å². The highest BCUT2D eigenvalue weighted by Crippen LogP contribution is 2.23. The average Bonchev–Trinajstić information content (AvgIpc) is 2.39. The van der Waals surface area contributed by atoms with Gasteiger partial charge >= 0.3 is 0 Å². The summed E-state index contributed by atoms with van der Waals surface area (Å²) in [6, 6.07) is 7.86. The Bertz CT molecular complexity index is 556. The minimum Gasteiger partial charge on any atom is -0.322 e. The molecule has 0 aliphatic heterocycles. The van der Waals surface area contributed by atoms with Crippen LogP contribution in [0, 0.1) is 0 Å². The van der Waals surface area contributed by atoms with Crippen molar-refractivity contribution in [1.82, 2.24) is 9.97 Å². The van der Waals surface area contributed by atoms with Gasteiger partial charge in [0, 0.05) is 18.1 Å². The molecule has 0 unspecified atom stereocenters. The molecule has 0 aliphatic rings. The van der Waals surface area contributed by atoms with Crippen LogP contribution in [0.4, 0.5) is 5.69 Å². The molecule has 1 amide bonds. The van der Waals surface area contributed by atoms with Crippen molar-refractivity contribution in [2.45, 2.75) is 26.2 Å². The summed E-state index contributed by atoms with van der Waals surface area (Å²) in [4.78, 5) is 19.5. The van der Waals surface area contributed by atoms with E-state index < -0.39 is 0 Å². The Kier molecular flexibility index (Phi) is 3.60. The second kappa shape index (κ2) is 5.18. The maximum Gasteiger partial charge on any atom is 0.258 e. The number of nitrogens with zero attached hydrogens (tertiary/aromatic N) is 2. The van der Waals surface area contributed by atoms with E-state index >= 15 is 0 Å². The van der Waals surface area contributed by atoms with Crippen LogP contribution in [0.1, 0.15) is 36.7 Å². The van der Waals surface area contributed by atoms with Gasteiger partial charge in [0.15, 0.2) is 0 Å². The molecule has 0 saturated heterocycles. The Balaban J connectivity index is 2.10. The Morgan fingerprint density at radius 1 is 1.05 bits per heavy atom. The first kappa shape index (κ1) is 13.2. The highest BCUT2D eigenvalue weighted by atomic mass is 16.1. The monoisotopic (exact) mass is 255 g/mol. The van der Waals surface area contributed by atoms with Crippen LogP contribution in [0.3, 0.4) is 0 Å². The van der Waals surface area contributed by atoms with Crippen molar-refractivity contribution < 1.29 is 4.79 Å². The molecule has 4 nitrogen and oxygen atoms in total. The molecule has 0 atom stereocenters. The van der Waals surface area contributed by atoms with Gasteiger partial charge in [-0.3, -0.25) is 4.79 Å². The standard InChI is InChI=1S/C15H17N3O/c1-15(2,3)12-4-6-13(7-5-12)18-14(19)11-8-16-10-17-9-11/h4-10H,1-3H3,(H,18,19). The second-order valence-electron chi connectivity index (χ2n) is 5.41. The van der Waals surface area contributed by atoms with Crippen molar-refractivity contribution in [3.63, 3.8) is 0 Å². The highest BCUT2D eigenvalue weighted by Gasteiger charge is 2.13. The molecule has 4 heteroatoms. The van der Waals surface area contributed by atoms with Gasteiger partial charge < -0.3 is 5.32 Å². The Morgan fingerprint density at radius 2 is 1.63 bits per heavy atom. The summed E-state index contributed by atoms with van der Waals surface area (Å²) >= 11 is 0. The molecule has 1 aromatic carbocycles. The normalized spacial score (nSPS) is 11.1. The molecule has 1 heterocycles. The van der Waals surface area contributed by atoms with E-state index in [0.29, 0.717) is 5.56 Å². The number of aromatic nitrogens is 2. The van der Waals surface area contributed by atoms with Gasteiger partial charge in [0.25, 0.3) is 5.91 Å². The fourth-order valence-electron chi connectivity index (χ4n) is 1.67. The van der Waals surface area contributed by atoms with Crippen LogP contribution in [0.5, 0.6) is 0 Å². The average molecular weight is 255 g/mol. The Morgan fingerprint density at radius 3 is 2.16 bits per heavy atom. The number of carbonyl (C=O) groups excluding carboxylic acids is 1. The molecule has 0 saturated carbocycles. The fourth-order valence-corrected chi connectivity index (χ4v) is 1.67. The first-order valence-electron chi connectivity index (χ1n) is 6.14. The quantitative estimate of drug-likeness (QED) is 0.897. The third kappa shape index (κ3) is 3.37. The highest BCUT2D eigenvalue weighted by molar-refractivity contribution is 6.03. The van der Waals surface area contributed by atoms with E-state index in [1.54, 1.807) is 0 Å². The van der Waals surface area contributed by atoms with E-state index in [2.05, 4.69) is 36.1 Å². The van der Waals surface area contributed by atoms with Gasteiger partial charge in [-0.1, -0.05) is 32.9 Å². The van der Waals surface area contributed by atoms with E-state index in [1.807, 2.05) is 24.3 Å². The molecule has 0 radical (unpaired) electrons. The molecule has 19 heavy (non-hydrogen) atoms. The van der Waals surface area contributed by atoms with Gasteiger partial charge in [0.05, 0.1) is 5.56 Å². The second-order valence-corrected chi connectivity index (χ2v) is 5.41. The number of nitrogens with one attached hydrogen (secondary N) is 1. The lowest BCUT2D eigenvalue weighted by Gasteiger charge is -2.19. The molecular weight excluding hydrogens is 238 g/mol. The lowest BCUT2D eigenvalue weighted by Crippen LogP contribution is -2.14. The number of hydrogen-bond acceptors (Lipinski definition) is 3. The van der Waals surface area contributed by atoms with Gasteiger partial charge in [-0.15, -0.1) is 0 Å². The van der Waals surface area contributed by atoms with Crippen LogP contribution in [0.15, 0.2) is 43.0 Å². The summed E-state index contributed by atoms with van der Waals surface area (Å²) in [5.41, 5.74) is 2.55. The van der Waals surface area contributed by atoms with Crippen LogP contribution < -0.4 is 5.32 Å². The topological polar surface area (TPSA) is 54.9 Å². The van der Waals surface area contributed by atoms with E-state index in [0.717, 1.165) is 5.69 Å². The van der Waals surface area contributed by atoms with Crippen molar-refractivity contribution in [2.75, 3.05) is 5.32 Å². The molecule has 0 spiro atoms. The summed E-state index contributed by atoms with van der Waals surface area (Å²) in [5.74, 6) is -0.205. The number of amides is 1. The number of rotatable bonds is 2. The molecule has 2 rings (SSSR count). The molecule has 0 bridgehead atoms. The zero-order valence-corrected chi connectivity index (χ0v) is 11.3. The zero-order valence-electron chi connectivity index (χ0n) is 11.3. The largest absolute Gasteiger partial charge is 0.322 e. The van der Waals surface area contributed by atoms with Gasteiger partial charge in [0.2, 0.25) is 0 Å². The zero-order chi connectivity index (χ0) is 13.9. The predicted octanol–water partition coefficient (Wildman–Crippen LogP) is 3.03. The molecule has 1 aromatic heterocycles. The number of benzene rings is 1. The smallest absolute Gasteiger partial charge is 0.258 e. The minimum absolute atomic E-state index is 0.107. The lowest BCUT2D eigenvalue weighted by molar-refractivity contribution is 0.102. The van der Waals surface area contributed by atoms with Gasteiger partial charge in [-0.05, 0) is 23.1 Å². The number of hydrogen-bond donors (Lipinski definition) is 1. The molecular formula is C15H17N3O. The van der Waals surface area contributed by atoms with Crippen LogP contribution in [0.25, 0.3) is 0 Å². The third-order valence-electron chi connectivity index (χ3n) is 2.83. The van der Waals surface area contributed by atoms with Crippen LogP contribution in [-0.4, -0.2) is 15.9 Å². The predicted molar refractivity (Wildman–Crippen MR) is 75.1 cm³/mol. The maximum absolute atomic E-state index is 11.9. The number of anilines is 1. The summed E-state index contributed by atoms with van der Waals surface area (Å²) in [6.07, 6.45) is 4.38. The number of carbonyl (C=O) groups is 1. The van der Waals surface area contributed by atoms with Crippen molar-refractivity contribution >= 4 is 11.6 Å². The SMILES string of the molecule is CC(C)(C)c1ccc(NC(=O)c2cncnc2)cc1. The summed E-state index contributed by atoms with van der Waals surface area (Å²) in [5, 5.41) is 2.82. The van der Waals surface area contributed by atoms with Gasteiger partial charge in [0.1, 0.15) is 6.33 Å². The molecule has 1 N–H and O–H groups in total. The Labute approximate surface area is 112 Å². The summed E-state index contributed by atoms with van der Waals surface area (Å²) < 4.78 is 0. The van der Waals surface area contributed by atoms with Gasteiger partial charge in [-0.2, -0.15) is 0 Å². The molecule has 98 valence electrons. The summed E-state index contributed by atoms with van der Waals surface area (Å²) in [7, 11) is 0. The van der Waals surface area contributed by atoms with Crippen LogP contribution in [0.2, 0.25) is 0 Å². The first-order valence-corrected chi connectivity index (χ1v) is 6.14. The van der Waals surface area contributed by atoms with E-state index in [9.17, 15) is 4.79 Å². The van der Waals surface area contributed by atoms with Crippen LogP contribution in [-0.2, 0) is 5.41 Å². The lowest BCUT2D eigenvalue weighted by atomic mass is 9.87. The van der Waals surface area contributed by atoms with Crippen molar-refractivity contribution in [2.24, 2.45) is 0 Å². The van der Waals surface area contributed by atoms with E-state index in [1.165, 1.54) is 24.3 Å². The molecule has 0 aliphatic carbocycles. The van der Waals surface area contributed by atoms with Crippen molar-refractivity contribution in [1.29, 1.82) is 0 Å². The third-order valence-corrected chi connectivity index (χ3v) is 2.83. The van der Waals surface area contributed by atoms with Crippen LogP contribution >= 0.6 is 0 Å². The first-order chi connectivity index (χ1) is 8.97. The van der Waals surface area contributed by atoms with E-state index in [4.69, 9.17) is 0 Å². The maximum atomic E-state index is 11.9. The van der Waals surface area contributed by atoms with E-state index in [-0.39, 0.29) is 11.3 Å². The van der Waals surface area contributed by atoms with Crippen molar-refractivity contribution in [3.05, 3.63) is 54.1 Å². The molecule has 0 fully saturated rings. The Hall–Kier alpha value is -2.23. The fraction of sp³-hybridized carbons (Fsp3) is 0.267. The minimum atomic E-state index is -0.205.